The van der Waals surface area contributed by atoms with Crippen molar-refractivity contribution in [1.29, 1.82) is 0 Å². The van der Waals surface area contributed by atoms with Crippen molar-refractivity contribution < 1.29 is 32.9 Å². The summed E-state index contributed by atoms with van der Waals surface area (Å²) in [5.41, 5.74) is -1.52. The highest BCUT2D eigenvalue weighted by atomic mass is 19.4. The second-order valence-electron chi connectivity index (χ2n) is 14.1. The van der Waals surface area contributed by atoms with Crippen molar-refractivity contribution in [3.05, 3.63) is 47.6 Å². The lowest BCUT2D eigenvalue weighted by atomic mass is 9.55. The Hall–Kier alpha value is -1.44. The van der Waals surface area contributed by atoms with Gasteiger partial charge in [0.25, 0.3) is 0 Å². The van der Waals surface area contributed by atoms with Gasteiger partial charge in [-0.15, -0.1) is 0 Å². The van der Waals surface area contributed by atoms with E-state index in [9.17, 15) is 32.9 Å². The van der Waals surface area contributed by atoms with Crippen molar-refractivity contribution in [1.82, 2.24) is 0 Å². The van der Waals surface area contributed by atoms with Crippen LogP contribution >= 0.6 is 0 Å². The fourth-order valence-electron chi connectivity index (χ4n) is 7.81. The van der Waals surface area contributed by atoms with Gasteiger partial charge in [-0.1, -0.05) is 50.6 Å². The maximum absolute atomic E-state index is 14.3. The summed E-state index contributed by atoms with van der Waals surface area (Å²) in [6, 6.07) is 0. The minimum absolute atomic E-state index is 0.0435. The van der Waals surface area contributed by atoms with Gasteiger partial charge in [-0.3, -0.25) is 0 Å². The molecule has 0 aromatic rings. The van der Waals surface area contributed by atoms with Crippen LogP contribution in [0.4, 0.5) is 17.6 Å². The lowest BCUT2D eigenvalue weighted by Gasteiger charge is -2.49. The van der Waals surface area contributed by atoms with Gasteiger partial charge in [0.05, 0.1) is 11.7 Å². The first-order chi connectivity index (χ1) is 18.3. The van der Waals surface area contributed by atoms with Crippen LogP contribution in [0.3, 0.4) is 0 Å². The van der Waals surface area contributed by atoms with Gasteiger partial charge >= 0.3 is 6.18 Å². The van der Waals surface area contributed by atoms with Crippen LogP contribution in [-0.2, 0) is 0 Å². The molecule has 0 aliphatic heterocycles. The zero-order chi connectivity index (χ0) is 30.1. The van der Waals surface area contributed by atoms with E-state index < -0.39 is 29.7 Å². The first-order valence-corrected chi connectivity index (χ1v) is 14.9. The highest BCUT2D eigenvalue weighted by Gasteiger charge is 2.55. The lowest BCUT2D eigenvalue weighted by Crippen LogP contribution is -2.42. The Morgan fingerprint density at radius 1 is 1.05 bits per heavy atom. The number of allylic oxidation sites excluding steroid dienone is 5. The van der Waals surface area contributed by atoms with E-state index in [1.165, 1.54) is 11.6 Å². The lowest BCUT2D eigenvalue weighted by molar-refractivity contribution is -0.232. The molecule has 3 fully saturated rings. The molecule has 0 saturated heterocycles. The van der Waals surface area contributed by atoms with Gasteiger partial charge in [0, 0.05) is 6.42 Å². The predicted octanol–water partition coefficient (Wildman–Crippen LogP) is 8.31. The van der Waals surface area contributed by atoms with Gasteiger partial charge in [-0.25, -0.2) is 4.39 Å². The number of rotatable bonds is 9. The number of aliphatic hydroxyl groups excluding tert-OH is 1. The van der Waals surface area contributed by atoms with Crippen molar-refractivity contribution in [3.8, 4) is 0 Å². The number of hydrogen-bond acceptors (Lipinski definition) is 3. The second kappa shape index (κ2) is 12.0. The highest BCUT2D eigenvalue weighted by Crippen LogP contribution is 2.63. The van der Waals surface area contributed by atoms with Crippen LogP contribution < -0.4 is 0 Å². The van der Waals surface area contributed by atoms with Crippen LogP contribution in [0.15, 0.2) is 47.6 Å². The maximum Gasteiger partial charge on any atom is 0.420 e. The Kier molecular flexibility index (Phi) is 9.96. The zero-order valence-corrected chi connectivity index (χ0v) is 25.0. The van der Waals surface area contributed by atoms with Gasteiger partial charge in [0.15, 0.2) is 5.60 Å². The number of hydrogen-bond donors (Lipinski definition) is 3. The summed E-state index contributed by atoms with van der Waals surface area (Å²) in [6.07, 6.45) is 7.73. The van der Waals surface area contributed by atoms with E-state index >= 15 is 0 Å². The fourth-order valence-corrected chi connectivity index (χ4v) is 7.81. The average Bonchev–Trinajstić information content (AvgIpc) is 3.17. The third kappa shape index (κ3) is 7.49. The molecule has 0 heterocycles. The van der Waals surface area contributed by atoms with Gasteiger partial charge < -0.3 is 15.3 Å². The summed E-state index contributed by atoms with van der Waals surface area (Å²) < 4.78 is 54.2. The summed E-state index contributed by atoms with van der Waals surface area (Å²) in [6.45, 7) is 12.7. The van der Waals surface area contributed by atoms with Crippen LogP contribution in [-0.4, -0.2) is 45.0 Å². The number of aliphatic hydroxyl groups is 3. The molecule has 0 amide bonds. The molecule has 7 heteroatoms. The Balaban J connectivity index is 1.88. The first-order valence-electron chi connectivity index (χ1n) is 14.9. The van der Waals surface area contributed by atoms with E-state index in [-0.39, 0.29) is 23.2 Å². The molecule has 3 saturated carbocycles. The van der Waals surface area contributed by atoms with Gasteiger partial charge in [0.1, 0.15) is 6.17 Å². The smallest absolute Gasteiger partial charge is 0.393 e. The van der Waals surface area contributed by atoms with Crippen molar-refractivity contribution in [2.75, 3.05) is 0 Å². The molecule has 40 heavy (non-hydrogen) atoms. The molecule has 3 N–H and O–H groups in total. The SMILES string of the molecule is C=C1/C(=C\C=C2/CCC[C@@]3(C)C2CC[C@@H]3[C@@](C)(C/C=C\C(C)(O)C(F)(F)F)CCCC(C)(C)O)C[C@@H](O)CC1F. The van der Waals surface area contributed by atoms with Gasteiger partial charge in [-0.2, -0.15) is 13.2 Å². The number of fused-ring (bicyclic) bond motifs is 1. The van der Waals surface area contributed by atoms with E-state index in [0.717, 1.165) is 63.5 Å². The minimum Gasteiger partial charge on any atom is -0.393 e. The monoisotopic (exact) mass is 570 g/mol. The van der Waals surface area contributed by atoms with Crippen molar-refractivity contribution in [2.45, 2.75) is 135 Å². The van der Waals surface area contributed by atoms with E-state index in [0.29, 0.717) is 30.8 Å². The van der Waals surface area contributed by atoms with Crippen LogP contribution in [0, 0.1) is 22.7 Å². The topological polar surface area (TPSA) is 60.7 Å². The third-order valence-electron chi connectivity index (χ3n) is 10.2. The van der Waals surface area contributed by atoms with Crippen LogP contribution in [0.25, 0.3) is 0 Å². The van der Waals surface area contributed by atoms with Crippen LogP contribution in [0.1, 0.15) is 105 Å². The normalized spacial score (nSPS) is 35.2. The predicted molar refractivity (Wildman–Crippen MR) is 152 cm³/mol. The maximum atomic E-state index is 14.3. The van der Waals surface area contributed by atoms with Crippen molar-refractivity contribution in [2.24, 2.45) is 22.7 Å². The van der Waals surface area contributed by atoms with Gasteiger partial charge in [-0.05, 0) is 118 Å². The average molecular weight is 571 g/mol. The molecular formula is C33H50F4O3. The molecule has 3 nitrogen and oxygen atoms in total. The van der Waals surface area contributed by atoms with Crippen LogP contribution in [0.2, 0.25) is 0 Å². The molecule has 0 aromatic carbocycles. The molecule has 0 bridgehead atoms. The number of halogens is 4. The largest absolute Gasteiger partial charge is 0.420 e. The summed E-state index contributed by atoms with van der Waals surface area (Å²) in [4.78, 5) is 0. The summed E-state index contributed by atoms with van der Waals surface area (Å²) in [5.74, 6) is 0.576. The molecular weight excluding hydrogens is 520 g/mol. The molecule has 228 valence electrons. The minimum atomic E-state index is -4.75. The highest BCUT2D eigenvalue weighted by molar-refractivity contribution is 5.39. The van der Waals surface area contributed by atoms with Crippen molar-refractivity contribution >= 4 is 0 Å². The first kappa shape index (κ1) is 33.1. The third-order valence-corrected chi connectivity index (χ3v) is 10.2. The Bertz CT molecular complexity index is 1000. The summed E-state index contributed by atoms with van der Waals surface area (Å²) >= 11 is 0. The van der Waals surface area contributed by atoms with E-state index in [2.05, 4.69) is 26.5 Å². The van der Waals surface area contributed by atoms with Crippen LogP contribution in [0.5, 0.6) is 0 Å². The van der Waals surface area contributed by atoms with E-state index in [1.807, 2.05) is 6.08 Å². The molecule has 0 aromatic heterocycles. The molecule has 3 aliphatic carbocycles. The molecule has 0 spiro atoms. The molecule has 3 unspecified atom stereocenters. The molecule has 7 atom stereocenters. The standard InChI is InChI=1S/C33H50F4O3/c1-22-24(20-25(38)21-27(22)34)12-11-23-10-7-18-31(5)26(23)13-14-28(31)30(4,16-8-15-29(2,3)39)17-9-19-32(6,40)33(35,36)37/h9,11-12,19,25-28,38-40H,1,7-8,10,13-18,20-21H2,2-6H3/b19-9-,23-11+,24-12-/t25-,26?,27?,28-,30-,31+,32?/m1/s1. The summed E-state index contributed by atoms with van der Waals surface area (Å²) in [5, 5.41) is 30.4. The zero-order valence-electron chi connectivity index (χ0n) is 25.0. The van der Waals surface area contributed by atoms with Gasteiger partial charge in [0.2, 0.25) is 0 Å². The summed E-state index contributed by atoms with van der Waals surface area (Å²) in [7, 11) is 0. The van der Waals surface area contributed by atoms with Crippen molar-refractivity contribution in [3.63, 3.8) is 0 Å². The Labute approximate surface area is 238 Å². The second-order valence-corrected chi connectivity index (χ2v) is 14.1. The fraction of sp³-hybridized carbons (Fsp3) is 0.758. The Morgan fingerprint density at radius 2 is 1.73 bits per heavy atom. The molecule has 3 aliphatic rings. The molecule has 0 radical (unpaired) electrons. The Morgan fingerprint density at radius 3 is 2.35 bits per heavy atom. The quantitative estimate of drug-likeness (QED) is 0.193. The molecule has 3 rings (SSSR count). The van der Waals surface area contributed by atoms with E-state index in [4.69, 9.17) is 0 Å². The number of alkyl halides is 4. The van der Waals surface area contributed by atoms with E-state index in [1.54, 1.807) is 13.8 Å².